The van der Waals surface area contributed by atoms with Crippen LogP contribution < -0.4 is 5.73 Å². The molecule has 0 radical (unpaired) electrons. The number of aromatic nitrogens is 2. The lowest BCUT2D eigenvalue weighted by atomic mass is 9.94. The van der Waals surface area contributed by atoms with Crippen molar-refractivity contribution in [1.82, 2.24) is 9.55 Å². The summed E-state index contributed by atoms with van der Waals surface area (Å²) in [7, 11) is 0. The summed E-state index contributed by atoms with van der Waals surface area (Å²) in [6.45, 7) is 0.920. The van der Waals surface area contributed by atoms with Crippen molar-refractivity contribution in [3.63, 3.8) is 0 Å². The lowest BCUT2D eigenvalue weighted by molar-refractivity contribution is 0.261. The third-order valence-electron chi connectivity index (χ3n) is 3.15. The highest BCUT2D eigenvalue weighted by Gasteiger charge is 2.15. The number of imidazole rings is 1. The van der Waals surface area contributed by atoms with E-state index in [2.05, 4.69) is 21.7 Å². The average Bonchev–Trinajstić information content (AvgIpc) is 2.77. The minimum Gasteiger partial charge on any atom is -0.394 e. The summed E-state index contributed by atoms with van der Waals surface area (Å²) in [6, 6.07) is -0.318. The highest BCUT2D eigenvalue weighted by atomic mass is 16.3. The fourth-order valence-corrected chi connectivity index (χ4v) is 2.19. The zero-order valence-corrected chi connectivity index (χ0v) is 9.42. The first-order chi connectivity index (χ1) is 7.81. The van der Waals surface area contributed by atoms with Gasteiger partial charge in [-0.25, -0.2) is 4.98 Å². The number of allylic oxidation sites excluding steroid dienone is 2. The van der Waals surface area contributed by atoms with Gasteiger partial charge in [-0.2, -0.15) is 0 Å². The van der Waals surface area contributed by atoms with E-state index in [4.69, 9.17) is 10.8 Å². The number of nitrogens with two attached hydrogens (primary N) is 1. The molecule has 1 aromatic rings. The lowest BCUT2D eigenvalue weighted by Crippen LogP contribution is -2.21. The molecule has 0 fully saturated rings. The molecule has 0 saturated carbocycles. The van der Waals surface area contributed by atoms with E-state index in [1.807, 2.05) is 6.33 Å². The molecule has 2 rings (SSSR count). The normalized spacial score (nSPS) is 22.2. The van der Waals surface area contributed by atoms with Gasteiger partial charge in [0.2, 0.25) is 0 Å². The molecule has 1 aliphatic rings. The Hall–Kier alpha value is -1.13. The average molecular weight is 221 g/mol. The Labute approximate surface area is 95.8 Å². The maximum absolute atomic E-state index is 9.06. The highest BCUT2D eigenvalue weighted by molar-refractivity contribution is 5.05. The molecular formula is C12H19N3O. The van der Waals surface area contributed by atoms with Gasteiger partial charge in [-0.05, 0) is 25.2 Å². The zero-order valence-electron chi connectivity index (χ0n) is 9.42. The van der Waals surface area contributed by atoms with Crippen LogP contribution in [0.5, 0.6) is 0 Å². The quantitative estimate of drug-likeness (QED) is 0.752. The van der Waals surface area contributed by atoms with Gasteiger partial charge < -0.3 is 15.4 Å². The molecule has 4 nitrogen and oxygen atoms in total. The third-order valence-corrected chi connectivity index (χ3v) is 3.15. The van der Waals surface area contributed by atoms with E-state index in [0.717, 1.165) is 18.7 Å². The number of aliphatic hydroxyl groups is 1. The summed E-state index contributed by atoms with van der Waals surface area (Å²) in [6.07, 6.45) is 11.6. The predicted octanol–water partition coefficient (Wildman–Crippen LogP) is 1.23. The second kappa shape index (κ2) is 5.27. The van der Waals surface area contributed by atoms with E-state index >= 15 is 0 Å². The Bertz CT molecular complexity index is 359. The molecule has 0 bridgehead atoms. The van der Waals surface area contributed by atoms with Crippen LogP contribution in [0.4, 0.5) is 0 Å². The molecular weight excluding hydrogens is 202 g/mol. The Morgan fingerprint density at radius 1 is 1.56 bits per heavy atom. The van der Waals surface area contributed by atoms with Gasteiger partial charge in [-0.3, -0.25) is 0 Å². The van der Waals surface area contributed by atoms with Gasteiger partial charge >= 0.3 is 0 Å². The van der Waals surface area contributed by atoms with E-state index in [1.165, 1.54) is 12.8 Å². The van der Waals surface area contributed by atoms with Crippen molar-refractivity contribution >= 4 is 0 Å². The second-order valence-corrected chi connectivity index (χ2v) is 4.41. The molecule has 16 heavy (non-hydrogen) atoms. The Balaban J connectivity index is 2.03. The summed E-state index contributed by atoms with van der Waals surface area (Å²) in [5.41, 5.74) is 6.75. The largest absolute Gasteiger partial charge is 0.394 e. The maximum Gasteiger partial charge on any atom is 0.0948 e. The van der Waals surface area contributed by atoms with Crippen LogP contribution in [0.2, 0.25) is 0 Å². The van der Waals surface area contributed by atoms with Crippen molar-refractivity contribution in [3.05, 3.63) is 30.4 Å². The van der Waals surface area contributed by atoms with Crippen molar-refractivity contribution in [2.45, 2.75) is 31.8 Å². The van der Waals surface area contributed by atoms with Gasteiger partial charge in [0.05, 0.1) is 24.7 Å². The zero-order chi connectivity index (χ0) is 11.4. The first-order valence-electron chi connectivity index (χ1n) is 5.82. The van der Waals surface area contributed by atoms with Crippen LogP contribution in [0, 0.1) is 5.92 Å². The molecule has 0 aromatic carbocycles. The monoisotopic (exact) mass is 221 g/mol. The molecule has 2 unspecified atom stereocenters. The van der Waals surface area contributed by atoms with Crippen molar-refractivity contribution in [2.75, 3.05) is 6.61 Å². The minimum atomic E-state index is -0.318. The summed E-state index contributed by atoms with van der Waals surface area (Å²) >= 11 is 0. The van der Waals surface area contributed by atoms with E-state index in [9.17, 15) is 0 Å². The van der Waals surface area contributed by atoms with Gasteiger partial charge in [0, 0.05) is 12.7 Å². The molecule has 0 amide bonds. The van der Waals surface area contributed by atoms with Crippen LogP contribution in [0.25, 0.3) is 0 Å². The molecule has 1 aliphatic carbocycles. The second-order valence-electron chi connectivity index (χ2n) is 4.41. The maximum atomic E-state index is 9.06. The predicted molar refractivity (Wildman–Crippen MR) is 62.7 cm³/mol. The number of aliphatic hydroxyl groups excluding tert-OH is 1. The molecule has 88 valence electrons. The molecule has 0 spiro atoms. The first-order valence-corrected chi connectivity index (χ1v) is 5.82. The highest BCUT2D eigenvalue weighted by Crippen LogP contribution is 2.21. The lowest BCUT2D eigenvalue weighted by Gasteiger charge is -2.20. The van der Waals surface area contributed by atoms with Gasteiger partial charge in [0.15, 0.2) is 0 Å². The van der Waals surface area contributed by atoms with E-state index < -0.39 is 0 Å². The Morgan fingerprint density at radius 2 is 2.44 bits per heavy atom. The number of hydrogen-bond acceptors (Lipinski definition) is 3. The Morgan fingerprint density at radius 3 is 3.12 bits per heavy atom. The molecule has 0 saturated heterocycles. The molecule has 4 heteroatoms. The van der Waals surface area contributed by atoms with Crippen molar-refractivity contribution in [3.8, 4) is 0 Å². The van der Waals surface area contributed by atoms with Crippen molar-refractivity contribution in [1.29, 1.82) is 0 Å². The fraction of sp³-hybridized carbons (Fsp3) is 0.583. The van der Waals surface area contributed by atoms with Crippen LogP contribution >= 0.6 is 0 Å². The molecule has 2 atom stereocenters. The van der Waals surface area contributed by atoms with Crippen LogP contribution in [0.3, 0.4) is 0 Å². The summed E-state index contributed by atoms with van der Waals surface area (Å²) < 4.78 is 2.07. The molecule has 1 aromatic heterocycles. The topological polar surface area (TPSA) is 64.1 Å². The van der Waals surface area contributed by atoms with E-state index in [-0.39, 0.29) is 12.6 Å². The van der Waals surface area contributed by atoms with Crippen molar-refractivity contribution in [2.24, 2.45) is 11.7 Å². The summed E-state index contributed by atoms with van der Waals surface area (Å²) in [4.78, 5) is 4.11. The SMILES string of the molecule is NC(CO)c1cncn1CC1CC=CCC1. The summed E-state index contributed by atoms with van der Waals surface area (Å²) in [5.74, 6) is 0.670. The molecule has 1 heterocycles. The third kappa shape index (κ3) is 2.51. The number of nitrogens with zero attached hydrogens (tertiary/aromatic N) is 2. The summed E-state index contributed by atoms with van der Waals surface area (Å²) in [5, 5.41) is 9.06. The number of hydrogen-bond donors (Lipinski definition) is 2. The van der Waals surface area contributed by atoms with Gasteiger partial charge in [-0.15, -0.1) is 0 Å². The smallest absolute Gasteiger partial charge is 0.0948 e. The first kappa shape index (κ1) is 11.4. The molecule has 0 aliphatic heterocycles. The Kier molecular flexibility index (Phi) is 3.74. The van der Waals surface area contributed by atoms with Gasteiger partial charge in [0.1, 0.15) is 0 Å². The van der Waals surface area contributed by atoms with E-state index in [0.29, 0.717) is 5.92 Å². The molecule has 3 N–H and O–H groups in total. The standard InChI is InChI=1S/C12H19N3O/c13-11(8-16)12-6-14-9-15(12)7-10-4-2-1-3-5-10/h1-2,6,9-11,16H,3-5,7-8,13H2. The van der Waals surface area contributed by atoms with Crippen molar-refractivity contribution < 1.29 is 5.11 Å². The minimum absolute atomic E-state index is 0.0315. The van der Waals surface area contributed by atoms with E-state index in [1.54, 1.807) is 6.20 Å². The fourth-order valence-electron chi connectivity index (χ4n) is 2.19. The van der Waals surface area contributed by atoms with Gasteiger partial charge in [0.25, 0.3) is 0 Å². The number of rotatable bonds is 4. The van der Waals surface area contributed by atoms with Crippen LogP contribution in [0.1, 0.15) is 31.0 Å². The van der Waals surface area contributed by atoms with Crippen LogP contribution in [0.15, 0.2) is 24.7 Å². The van der Waals surface area contributed by atoms with Gasteiger partial charge in [-0.1, -0.05) is 12.2 Å². The van der Waals surface area contributed by atoms with Crippen LogP contribution in [-0.4, -0.2) is 21.3 Å². The van der Waals surface area contributed by atoms with Crippen LogP contribution in [-0.2, 0) is 6.54 Å².